The van der Waals surface area contributed by atoms with Crippen molar-refractivity contribution in [2.24, 2.45) is 0 Å². The fourth-order valence-corrected chi connectivity index (χ4v) is 2.73. The third-order valence-electron chi connectivity index (χ3n) is 4.05. The van der Waals surface area contributed by atoms with E-state index in [0.29, 0.717) is 22.5 Å². The fourth-order valence-electron chi connectivity index (χ4n) is 2.73. The monoisotopic (exact) mass is 303 g/mol. The molecule has 1 saturated carbocycles. The molecule has 22 heavy (non-hydrogen) atoms. The van der Waals surface area contributed by atoms with E-state index in [1.54, 1.807) is 11.5 Å². The normalized spacial score (nSPS) is 14.7. The molecule has 3 aromatic rings. The highest BCUT2D eigenvalue weighted by Gasteiger charge is 2.31. The average Bonchev–Trinajstić information content (AvgIpc) is 3.26. The molecule has 2 aromatic heterocycles. The molecule has 3 nitrogen and oxygen atoms in total. The smallest absolute Gasteiger partial charge is 0.184 e. The molecule has 0 bridgehead atoms. The number of halogens is 3. The van der Waals surface area contributed by atoms with Crippen LogP contribution in [0.25, 0.3) is 22.4 Å². The van der Waals surface area contributed by atoms with Crippen LogP contribution in [0.1, 0.15) is 24.4 Å². The van der Waals surface area contributed by atoms with Crippen LogP contribution >= 0.6 is 0 Å². The summed E-state index contributed by atoms with van der Waals surface area (Å²) in [5, 5.41) is 0. The summed E-state index contributed by atoms with van der Waals surface area (Å²) in [6, 6.07) is 2.57. The number of hydrogen-bond donors (Lipinski definition) is 0. The molecular formula is C16H12F3N3. The van der Waals surface area contributed by atoms with Gasteiger partial charge in [0.25, 0.3) is 0 Å². The molecular weight excluding hydrogens is 291 g/mol. The highest BCUT2D eigenvalue weighted by atomic mass is 19.2. The number of pyridine rings is 1. The van der Waals surface area contributed by atoms with Crippen molar-refractivity contribution >= 4 is 11.0 Å². The third kappa shape index (κ3) is 1.83. The molecule has 0 amide bonds. The number of rotatable bonds is 2. The van der Waals surface area contributed by atoms with Gasteiger partial charge in [-0.2, -0.15) is 0 Å². The lowest BCUT2D eigenvalue weighted by atomic mass is 10.1. The molecule has 6 heteroatoms. The van der Waals surface area contributed by atoms with E-state index in [-0.39, 0.29) is 11.6 Å². The third-order valence-corrected chi connectivity index (χ3v) is 4.05. The predicted octanol–water partition coefficient (Wildman–Crippen LogP) is 4.16. The van der Waals surface area contributed by atoms with Crippen LogP contribution in [0.2, 0.25) is 0 Å². The van der Waals surface area contributed by atoms with Crippen molar-refractivity contribution in [2.75, 3.05) is 0 Å². The lowest BCUT2D eigenvalue weighted by Gasteiger charge is -2.10. The molecule has 1 aliphatic rings. The molecule has 0 aliphatic heterocycles. The molecule has 0 atom stereocenters. The molecule has 0 radical (unpaired) electrons. The van der Waals surface area contributed by atoms with Crippen molar-refractivity contribution in [3.63, 3.8) is 0 Å². The zero-order valence-electron chi connectivity index (χ0n) is 11.8. The molecule has 4 rings (SSSR count). The maximum atomic E-state index is 14.2. The summed E-state index contributed by atoms with van der Waals surface area (Å²) in [5.74, 6) is -1.83. The van der Waals surface area contributed by atoms with Crippen molar-refractivity contribution < 1.29 is 13.2 Å². The Morgan fingerprint density at radius 1 is 1.09 bits per heavy atom. The average molecular weight is 303 g/mol. The highest BCUT2D eigenvalue weighted by Crippen LogP contribution is 2.42. The van der Waals surface area contributed by atoms with Crippen LogP contribution in [0, 0.1) is 24.4 Å². The van der Waals surface area contributed by atoms with Crippen LogP contribution in [0.4, 0.5) is 13.2 Å². The first-order valence-corrected chi connectivity index (χ1v) is 7.04. The van der Waals surface area contributed by atoms with Crippen molar-refractivity contribution in [1.29, 1.82) is 0 Å². The zero-order valence-corrected chi connectivity index (χ0v) is 11.8. The predicted molar refractivity (Wildman–Crippen MR) is 75.8 cm³/mol. The quantitative estimate of drug-likeness (QED) is 0.711. The Morgan fingerprint density at radius 2 is 1.86 bits per heavy atom. The van der Waals surface area contributed by atoms with Gasteiger partial charge in [0.15, 0.2) is 11.6 Å². The van der Waals surface area contributed by atoms with Gasteiger partial charge in [0.2, 0.25) is 0 Å². The number of hydrogen-bond acceptors (Lipinski definition) is 2. The Bertz CT molecular complexity index is 897. The summed E-state index contributed by atoms with van der Waals surface area (Å²) in [6.07, 6.45) is 4.38. The Labute approximate surface area is 124 Å². The first-order chi connectivity index (χ1) is 10.6. The summed E-state index contributed by atoms with van der Waals surface area (Å²) in [7, 11) is 0. The molecule has 2 heterocycles. The summed E-state index contributed by atoms with van der Waals surface area (Å²) in [5.41, 5.74) is 1.40. The van der Waals surface area contributed by atoms with Crippen LogP contribution in [0.3, 0.4) is 0 Å². The lowest BCUT2D eigenvalue weighted by Crippen LogP contribution is -2.02. The first-order valence-electron chi connectivity index (χ1n) is 7.04. The minimum absolute atomic E-state index is 0.0685. The van der Waals surface area contributed by atoms with Crippen LogP contribution in [0.15, 0.2) is 24.5 Å². The Kier molecular flexibility index (Phi) is 2.76. The molecule has 0 unspecified atom stereocenters. The number of nitrogens with zero attached hydrogens (tertiary/aromatic N) is 3. The van der Waals surface area contributed by atoms with Crippen LogP contribution in [-0.4, -0.2) is 14.5 Å². The van der Waals surface area contributed by atoms with Gasteiger partial charge in [-0.05, 0) is 37.5 Å². The maximum absolute atomic E-state index is 14.2. The SMILES string of the molecule is Cc1c(F)cncc1-c1nc2ccc(F)c(F)c2n1C1CC1. The molecule has 0 N–H and O–H groups in total. The van der Waals surface area contributed by atoms with E-state index in [0.717, 1.165) is 25.1 Å². The first kappa shape index (κ1) is 13.3. The number of aromatic nitrogens is 3. The van der Waals surface area contributed by atoms with Gasteiger partial charge in [0.1, 0.15) is 17.2 Å². The summed E-state index contributed by atoms with van der Waals surface area (Å²) < 4.78 is 43.3. The van der Waals surface area contributed by atoms with Gasteiger partial charge in [-0.25, -0.2) is 18.2 Å². The summed E-state index contributed by atoms with van der Waals surface area (Å²) >= 11 is 0. The zero-order chi connectivity index (χ0) is 15.4. The standard InChI is InChI=1S/C16H12F3N3/c1-8-10(6-20-7-12(8)18)16-21-13-5-4-11(17)14(19)15(13)22(16)9-2-3-9/h4-7,9H,2-3H2,1H3. The van der Waals surface area contributed by atoms with Gasteiger partial charge in [0.05, 0.1) is 11.7 Å². The number of imidazole rings is 1. The van der Waals surface area contributed by atoms with Gasteiger partial charge in [-0.1, -0.05) is 0 Å². The second-order valence-corrected chi connectivity index (χ2v) is 5.56. The minimum atomic E-state index is -0.912. The minimum Gasteiger partial charge on any atom is -0.318 e. The van der Waals surface area contributed by atoms with E-state index in [4.69, 9.17) is 0 Å². The van der Waals surface area contributed by atoms with Crippen molar-refractivity contribution in [3.8, 4) is 11.4 Å². The lowest BCUT2D eigenvalue weighted by molar-refractivity contribution is 0.511. The van der Waals surface area contributed by atoms with Crippen molar-refractivity contribution in [2.45, 2.75) is 25.8 Å². The van der Waals surface area contributed by atoms with Gasteiger partial charge < -0.3 is 4.57 Å². The maximum Gasteiger partial charge on any atom is 0.184 e. The fraction of sp³-hybridized carbons (Fsp3) is 0.250. The molecule has 0 saturated heterocycles. The van der Waals surface area contributed by atoms with Crippen LogP contribution in [-0.2, 0) is 0 Å². The van der Waals surface area contributed by atoms with E-state index in [1.165, 1.54) is 12.3 Å². The highest BCUT2D eigenvalue weighted by molar-refractivity contribution is 5.82. The van der Waals surface area contributed by atoms with Gasteiger partial charge in [-0.15, -0.1) is 0 Å². The topological polar surface area (TPSA) is 30.7 Å². The number of benzene rings is 1. The molecule has 112 valence electrons. The van der Waals surface area contributed by atoms with E-state index < -0.39 is 17.5 Å². The second-order valence-electron chi connectivity index (χ2n) is 5.56. The number of fused-ring (bicyclic) bond motifs is 1. The van der Waals surface area contributed by atoms with Crippen molar-refractivity contribution in [1.82, 2.24) is 14.5 Å². The van der Waals surface area contributed by atoms with Gasteiger partial charge in [-0.3, -0.25) is 4.98 Å². The Morgan fingerprint density at radius 3 is 2.59 bits per heavy atom. The summed E-state index contributed by atoms with van der Waals surface area (Å²) in [4.78, 5) is 8.25. The van der Waals surface area contributed by atoms with Crippen LogP contribution < -0.4 is 0 Å². The molecule has 1 aliphatic carbocycles. The largest absolute Gasteiger partial charge is 0.318 e. The van der Waals surface area contributed by atoms with Crippen molar-refractivity contribution in [3.05, 3.63) is 47.5 Å². The Hall–Kier alpha value is -2.37. The van der Waals surface area contributed by atoms with Crippen LogP contribution in [0.5, 0.6) is 0 Å². The van der Waals surface area contributed by atoms with Gasteiger partial charge >= 0.3 is 0 Å². The van der Waals surface area contributed by atoms with Gasteiger partial charge in [0, 0.05) is 17.8 Å². The van der Waals surface area contributed by atoms with E-state index in [1.807, 2.05) is 0 Å². The second kappa shape index (κ2) is 4.56. The Balaban J connectivity index is 2.08. The van der Waals surface area contributed by atoms with E-state index in [9.17, 15) is 13.2 Å². The summed E-state index contributed by atoms with van der Waals surface area (Å²) in [6.45, 7) is 1.62. The molecule has 1 fully saturated rings. The van der Waals surface area contributed by atoms with E-state index >= 15 is 0 Å². The molecule has 0 spiro atoms. The molecule has 1 aromatic carbocycles. The van der Waals surface area contributed by atoms with E-state index in [2.05, 4.69) is 9.97 Å².